The minimum Gasteiger partial charge on any atom is -0.352 e. The molecule has 6 nitrogen and oxygen atoms in total. The van der Waals surface area contributed by atoms with Crippen LogP contribution in [0.25, 0.3) is 0 Å². The zero-order chi connectivity index (χ0) is 16.1. The molecule has 120 valence electrons. The fourth-order valence-corrected chi connectivity index (χ4v) is 2.89. The summed E-state index contributed by atoms with van der Waals surface area (Å²) in [6, 6.07) is 6.86. The maximum atomic E-state index is 12.6. The molecule has 1 saturated heterocycles. The van der Waals surface area contributed by atoms with Crippen molar-refractivity contribution in [2.24, 2.45) is 5.73 Å². The molecule has 1 aliphatic heterocycles. The lowest BCUT2D eigenvalue weighted by Gasteiger charge is -2.35. The molecule has 0 aromatic heterocycles. The molecule has 1 heterocycles. The summed E-state index contributed by atoms with van der Waals surface area (Å²) in [5.74, 6) is 0.0380. The normalized spacial score (nSPS) is 19.5. The van der Waals surface area contributed by atoms with E-state index in [0.29, 0.717) is 6.54 Å². The highest BCUT2D eigenvalue weighted by Gasteiger charge is 2.26. The Morgan fingerprint density at radius 2 is 2.18 bits per heavy atom. The number of nitrogens with two attached hydrogens (primary N) is 1. The number of carbonyl (C=O) groups excluding carboxylic acids is 2. The van der Waals surface area contributed by atoms with Crippen molar-refractivity contribution in [3.63, 3.8) is 0 Å². The van der Waals surface area contributed by atoms with Crippen molar-refractivity contribution in [2.75, 3.05) is 19.6 Å². The predicted octanol–water partition coefficient (Wildman–Crippen LogP) is 0.915. The Hall–Kier alpha value is -2.08. The average molecular weight is 304 g/mol. The second-order valence-electron chi connectivity index (χ2n) is 5.76. The second kappa shape index (κ2) is 7.26. The van der Waals surface area contributed by atoms with E-state index in [4.69, 9.17) is 5.73 Å². The van der Waals surface area contributed by atoms with Gasteiger partial charge in [-0.15, -0.1) is 0 Å². The first-order valence-electron chi connectivity index (χ1n) is 7.60. The number of rotatable bonds is 4. The van der Waals surface area contributed by atoms with Crippen LogP contribution in [0.2, 0.25) is 0 Å². The van der Waals surface area contributed by atoms with Gasteiger partial charge in [0.2, 0.25) is 5.91 Å². The van der Waals surface area contributed by atoms with Crippen LogP contribution in [0.1, 0.15) is 30.5 Å². The standard InChI is InChI=1S/C16H24N4O2/c1-11-5-3-4-6-13(11)14(19-16(17)22)9-15(21)20-8-7-18-10-12(20)2/h3-6,12,14,18H,7-10H2,1-2H3,(H3,17,19,22)/t12-,14?/m0/s1. The van der Waals surface area contributed by atoms with Gasteiger partial charge in [0.05, 0.1) is 12.5 Å². The third-order valence-corrected chi connectivity index (χ3v) is 4.08. The molecule has 6 heteroatoms. The first-order chi connectivity index (χ1) is 10.5. The van der Waals surface area contributed by atoms with Crippen LogP contribution in [0.15, 0.2) is 24.3 Å². The van der Waals surface area contributed by atoms with Gasteiger partial charge < -0.3 is 21.3 Å². The highest BCUT2D eigenvalue weighted by atomic mass is 16.2. The average Bonchev–Trinajstić information content (AvgIpc) is 2.47. The molecule has 1 fully saturated rings. The number of primary amides is 1. The Labute approximate surface area is 131 Å². The molecule has 1 aromatic carbocycles. The van der Waals surface area contributed by atoms with Crippen molar-refractivity contribution in [1.29, 1.82) is 0 Å². The van der Waals surface area contributed by atoms with E-state index >= 15 is 0 Å². The zero-order valence-electron chi connectivity index (χ0n) is 13.1. The van der Waals surface area contributed by atoms with Gasteiger partial charge in [-0.2, -0.15) is 0 Å². The van der Waals surface area contributed by atoms with Crippen molar-refractivity contribution in [3.05, 3.63) is 35.4 Å². The van der Waals surface area contributed by atoms with Gasteiger partial charge in [0, 0.05) is 25.7 Å². The third kappa shape index (κ3) is 3.98. The molecule has 0 spiro atoms. The van der Waals surface area contributed by atoms with E-state index < -0.39 is 12.1 Å². The molecule has 0 bridgehead atoms. The Morgan fingerprint density at radius 3 is 2.82 bits per heavy atom. The topological polar surface area (TPSA) is 87.5 Å². The first-order valence-corrected chi connectivity index (χ1v) is 7.60. The summed E-state index contributed by atoms with van der Waals surface area (Å²) < 4.78 is 0. The molecule has 0 radical (unpaired) electrons. The summed E-state index contributed by atoms with van der Waals surface area (Å²) in [7, 11) is 0. The number of hydrogen-bond acceptors (Lipinski definition) is 3. The number of urea groups is 1. The van der Waals surface area contributed by atoms with E-state index in [1.54, 1.807) is 0 Å². The number of carbonyl (C=O) groups is 2. The lowest BCUT2D eigenvalue weighted by atomic mass is 9.98. The van der Waals surface area contributed by atoms with E-state index in [2.05, 4.69) is 10.6 Å². The number of nitrogens with zero attached hydrogens (tertiary/aromatic N) is 1. The van der Waals surface area contributed by atoms with Crippen molar-refractivity contribution >= 4 is 11.9 Å². The monoisotopic (exact) mass is 304 g/mol. The fraction of sp³-hybridized carbons (Fsp3) is 0.500. The lowest BCUT2D eigenvalue weighted by molar-refractivity contribution is -0.134. The minimum absolute atomic E-state index is 0.0380. The SMILES string of the molecule is Cc1ccccc1C(CC(=O)N1CCNC[C@@H]1C)NC(N)=O. The van der Waals surface area contributed by atoms with Crippen LogP contribution < -0.4 is 16.4 Å². The largest absolute Gasteiger partial charge is 0.352 e. The predicted molar refractivity (Wildman–Crippen MR) is 85.3 cm³/mol. The van der Waals surface area contributed by atoms with Crippen molar-refractivity contribution < 1.29 is 9.59 Å². The van der Waals surface area contributed by atoms with Gasteiger partial charge >= 0.3 is 6.03 Å². The number of piperazine rings is 1. The van der Waals surface area contributed by atoms with E-state index in [-0.39, 0.29) is 18.4 Å². The second-order valence-corrected chi connectivity index (χ2v) is 5.76. The number of amides is 3. The van der Waals surface area contributed by atoms with Gasteiger partial charge in [-0.05, 0) is 25.0 Å². The summed E-state index contributed by atoms with van der Waals surface area (Å²) in [4.78, 5) is 25.7. The first kappa shape index (κ1) is 16.3. The zero-order valence-corrected chi connectivity index (χ0v) is 13.1. The molecule has 0 saturated carbocycles. The molecule has 0 aliphatic carbocycles. The highest BCUT2D eigenvalue weighted by molar-refractivity contribution is 5.79. The van der Waals surface area contributed by atoms with Gasteiger partial charge in [0.1, 0.15) is 0 Å². The summed E-state index contributed by atoms with van der Waals surface area (Å²) >= 11 is 0. The van der Waals surface area contributed by atoms with Gasteiger partial charge in [-0.3, -0.25) is 4.79 Å². The Bertz CT molecular complexity index is 547. The van der Waals surface area contributed by atoms with Crippen molar-refractivity contribution in [2.45, 2.75) is 32.4 Å². The van der Waals surface area contributed by atoms with E-state index in [0.717, 1.165) is 24.2 Å². The van der Waals surface area contributed by atoms with Crippen LogP contribution in [0, 0.1) is 6.92 Å². The summed E-state index contributed by atoms with van der Waals surface area (Å²) in [5, 5.41) is 5.96. The van der Waals surface area contributed by atoms with Crippen molar-refractivity contribution in [1.82, 2.24) is 15.5 Å². The minimum atomic E-state index is -0.616. The molecular formula is C16H24N4O2. The summed E-state index contributed by atoms with van der Waals surface area (Å²) in [6.45, 7) is 6.27. The molecule has 1 aromatic rings. The summed E-state index contributed by atoms with van der Waals surface area (Å²) in [5.41, 5.74) is 7.24. The van der Waals surface area contributed by atoms with Crippen LogP contribution in [0.3, 0.4) is 0 Å². The number of aryl methyl sites for hydroxylation is 1. The van der Waals surface area contributed by atoms with Crippen LogP contribution >= 0.6 is 0 Å². The molecule has 1 aliphatic rings. The molecule has 3 amide bonds. The maximum absolute atomic E-state index is 12.6. The van der Waals surface area contributed by atoms with Gasteiger partial charge in [-0.25, -0.2) is 4.79 Å². The van der Waals surface area contributed by atoms with Gasteiger partial charge in [0.25, 0.3) is 0 Å². The quantitative estimate of drug-likeness (QED) is 0.773. The van der Waals surface area contributed by atoms with E-state index in [1.165, 1.54) is 0 Å². The van der Waals surface area contributed by atoms with Crippen LogP contribution in [-0.4, -0.2) is 42.5 Å². The molecule has 1 unspecified atom stereocenters. The Morgan fingerprint density at radius 1 is 1.45 bits per heavy atom. The maximum Gasteiger partial charge on any atom is 0.312 e. The van der Waals surface area contributed by atoms with Crippen LogP contribution in [0.5, 0.6) is 0 Å². The Kier molecular flexibility index (Phi) is 5.38. The summed E-state index contributed by atoms with van der Waals surface area (Å²) in [6.07, 6.45) is 0.220. The fourth-order valence-electron chi connectivity index (χ4n) is 2.89. The van der Waals surface area contributed by atoms with Gasteiger partial charge in [-0.1, -0.05) is 24.3 Å². The van der Waals surface area contributed by atoms with Crippen molar-refractivity contribution in [3.8, 4) is 0 Å². The van der Waals surface area contributed by atoms with E-state index in [9.17, 15) is 9.59 Å². The highest BCUT2D eigenvalue weighted by Crippen LogP contribution is 2.22. The molecule has 2 atom stereocenters. The van der Waals surface area contributed by atoms with E-state index in [1.807, 2.05) is 43.0 Å². The van der Waals surface area contributed by atoms with Crippen LogP contribution in [-0.2, 0) is 4.79 Å². The number of hydrogen-bond donors (Lipinski definition) is 3. The molecule has 22 heavy (non-hydrogen) atoms. The number of benzene rings is 1. The molecule has 4 N–H and O–H groups in total. The third-order valence-electron chi connectivity index (χ3n) is 4.08. The molecule has 2 rings (SSSR count). The number of nitrogens with one attached hydrogen (secondary N) is 2. The van der Waals surface area contributed by atoms with Crippen LogP contribution in [0.4, 0.5) is 4.79 Å². The molecular weight excluding hydrogens is 280 g/mol. The van der Waals surface area contributed by atoms with Gasteiger partial charge in [0.15, 0.2) is 0 Å². The Balaban J connectivity index is 2.14. The smallest absolute Gasteiger partial charge is 0.312 e. The lowest BCUT2D eigenvalue weighted by Crippen LogP contribution is -2.53.